The lowest BCUT2D eigenvalue weighted by molar-refractivity contribution is -0.117. The highest BCUT2D eigenvalue weighted by atomic mass is 19.1. The number of carbonyl (C=O) groups excluding carboxylic acids is 1. The number of nitrogens with one attached hydrogen (secondary N) is 1. The second kappa shape index (κ2) is 6.37. The number of aliphatic hydroxyl groups is 1. The Morgan fingerprint density at radius 1 is 1.38 bits per heavy atom. The van der Waals surface area contributed by atoms with Gasteiger partial charge in [-0.3, -0.25) is 4.79 Å². The lowest BCUT2D eigenvalue weighted by Crippen LogP contribution is -2.37. The molecule has 1 aromatic heterocycles. The average molecular weight is 289 g/mol. The molecule has 0 aliphatic carbocycles. The van der Waals surface area contributed by atoms with Gasteiger partial charge in [0.25, 0.3) is 0 Å². The van der Waals surface area contributed by atoms with E-state index in [9.17, 15) is 14.3 Å². The van der Waals surface area contributed by atoms with Crippen molar-refractivity contribution in [1.29, 1.82) is 0 Å². The molecule has 1 unspecified atom stereocenters. The molecule has 1 aromatic carbocycles. The number of amides is 1. The van der Waals surface area contributed by atoms with Crippen molar-refractivity contribution in [3.05, 3.63) is 65.9 Å². The zero-order valence-electron chi connectivity index (χ0n) is 11.5. The summed E-state index contributed by atoms with van der Waals surface area (Å²) in [5.74, 6) is -0.303. The standard InChI is InChI=1S/C16H16FNO3/c1-16(20,14-3-2-10-21-14)11-18-15(19)9-6-12-4-7-13(17)8-5-12/h2-10,20H,11H2,1H3,(H,18,19). The number of halogens is 1. The number of benzene rings is 1. The molecule has 0 aliphatic heterocycles. The van der Waals surface area contributed by atoms with E-state index in [1.165, 1.54) is 24.5 Å². The quantitative estimate of drug-likeness (QED) is 0.831. The van der Waals surface area contributed by atoms with Crippen LogP contribution in [0.5, 0.6) is 0 Å². The van der Waals surface area contributed by atoms with Gasteiger partial charge in [0.15, 0.2) is 0 Å². The Morgan fingerprint density at radius 2 is 2.10 bits per heavy atom. The summed E-state index contributed by atoms with van der Waals surface area (Å²) in [7, 11) is 0. The van der Waals surface area contributed by atoms with E-state index < -0.39 is 5.60 Å². The van der Waals surface area contributed by atoms with Crippen molar-refractivity contribution in [3.63, 3.8) is 0 Å². The van der Waals surface area contributed by atoms with Crippen molar-refractivity contribution < 1.29 is 18.7 Å². The summed E-state index contributed by atoms with van der Waals surface area (Å²) in [5.41, 5.74) is -0.563. The van der Waals surface area contributed by atoms with Crippen LogP contribution in [0.25, 0.3) is 6.08 Å². The van der Waals surface area contributed by atoms with Gasteiger partial charge in [-0.25, -0.2) is 4.39 Å². The van der Waals surface area contributed by atoms with Gasteiger partial charge in [0.1, 0.15) is 17.2 Å². The Kier molecular flexibility index (Phi) is 4.55. The Labute approximate surface area is 121 Å². The maximum Gasteiger partial charge on any atom is 0.244 e. The van der Waals surface area contributed by atoms with Crippen LogP contribution in [0.15, 0.2) is 53.2 Å². The second-order valence-electron chi connectivity index (χ2n) is 4.85. The van der Waals surface area contributed by atoms with Crippen molar-refractivity contribution >= 4 is 12.0 Å². The maximum absolute atomic E-state index is 12.7. The smallest absolute Gasteiger partial charge is 0.244 e. The highest BCUT2D eigenvalue weighted by molar-refractivity contribution is 5.91. The van der Waals surface area contributed by atoms with Crippen LogP contribution in [0.4, 0.5) is 4.39 Å². The van der Waals surface area contributed by atoms with Crippen molar-refractivity contribution in [2.45, 2.75) is 12.5 Å². The molecule has 0 spiro atoms. The van der Waals surface area contributed by atoms with E-state index in [-0.39, 0.29) is 18.3 Å². The summed E-state index contributed by atoms with van der Waals surface area (Å²) in [5, 5.41) is 12.7. The van der Waals surface area contributed by atoms with Crippen molar-refractivity contribution in [2.75, 3.05) is 6.54 Å². The van der Waals surface area contributed by atoms with Crippen molar-refractivity contribution in [3.8, 4) is 0 Å². The van der Waals surface area contributed by atoms with Crippen LogP contribution in [0.3, 0.4) is 0 Å². The van der Waals surface area contributed by atoms with E-state index >= 15 is 0 Å². The van der Waals surface area contributed by atoms with Gasteiger partial charge in [-0.1, -0.05) is 12.1 Å². The summed E-state index contributed by atoms with van der Waals surface area (Å²) in [6.07, 6.45) is 4.35. The SMILES string of the molecule is CC(O)(CNC(=O)C=Cc1ccc(F)cc1)c1ccco1. The molecule has 2 aromatic rings. The predicted molar refractivity (Wildman–Crippen MR) is 76.7 cm³/mol. The fourth-order valence-electron chi connectivity index (χ4n) is 1.74. The molecule has 0 fully saturated rings. The van der Waals surface area contributed by atoms with Crippen LogP contribution >= 0.6 is 0 Å². The minimum absolute atomic E-state index is 0.0209. The van der Waals surface area contributed by atoms with Gasteiger partial charge in [-0.15, -0.1) is 0 Å². The van der Waals surface area contributed by atoms with E-state index in [0.717, 1.165) is 0 Å². The summed E-state index contributed by atoms with van der Waals surface area (Å²) < 4.78 is 17.8. The average Bonchev–Trinajstić information content (AvgIpc) is 3.00. The summed E-state index contributed by atoms with van der Waals surface area (Å²) >= 11 is 0. The van der Waals surface area contributed by atoms with Crippen LogP contribution < -0.4 is 5.32 Å². The first-order chi connectivity index (χ1) is 9.97. The molecular weight excluding hydrogens is 273 g/mol. The molecule has 110 valence electrons. The molecule has 4 nitrogen and oxygen atoms in total. The summed E-state index contributed by atoms with van der Waals surface area (Å²) in [6.45, 7) is 1.57. The fourth-order valence-corrected chi connectivity index (χ4v) is 1.74. The molecule has 2 N–H and O–H groups in total. The number of carbonyl (C=O) groups is 1. The molecule has 0 saturated carbocycles. The van der Waals surface area contributed by atoms with Crippen LogP contribution in [0, 0.1) is 5.82 Å². The molecule has 1 heterocycles. The van der Waals surface area contributed by atoms with Gasteiger partial charge in [0, 0.05) is 6.08 Å². The van der Waals surface area contributed by atoms with E-state index in [1.807, 2.05) is 0 Å². The van der Waals surface area contributed by atoms with Gasteiger partial charge in [0.05, 0.1) is 12.8 Å². The molecule has 1 atom stereocenters. The molecular formula is C16H16FNO3. The molecule has 0 bridgehead atoms. The molecule has 0 radical (unpaired) electrons. The summed E-state index contributed by atoms with van der Waals surface area (Å²) in [4.78, 5) is 11.7. The highest BCUT2D eigenvalue weighted by Crippen LogP contribution is 2.19. The van der Waals surface area contributed by atoms with E-state index in [0.29, 0.717) is 11.3 Å². The minimum atomic E-state index is -1.27. The molecule has 2 rings (SSSR count). The van der Waals surface area contributed by atoms with Crippen molar-refractivity contribution in [1.82, 2.24) is 5.32 Å². The van der Waals surface area contributed by atoms with Gasteiger partial charge in [-0.2, -0.15) is 0 Å². The maximum atomic E-state index is 12.7. The Bertz CT molecular complexity index is 615. The zero-order valence-corrected chi connectivity index (χ0v) is 11.5. The van der Waals surface area contributed by atoms with Crippen LogP contribution in [0.2, 0.25) is 0 Å². The molecule has 5 heteroatoms. The monoisotopic (exact) mass is 289 g/mol. The van der Waals surface area contributed by atoms with Gasteiger partial charge < -0.3 is 14.8 Å². The van der Waals surface area contributed by atoms with Crippen LogP contribution in [-0.2, 0) is 10.4 Å². The molecule has 21 heavy (non-hydrogen) atoms. The van der Waals surface area contributed by atoms with Crippen LogP contribution in [0.1, 0.15) is 18.2 Å². The zero-order chi connectivity index (χ0) is 15.3. The van der Waals surface area contributed by atoms with Crippen molar-refractivity contribution in [2.24, 2.45) is 0 Å². The first-order valence-corrected chi connectivity index (χ1v) is 6.45. The molecule has 1 amide bonds. The normalized spacial score (nSPS) is 14.0. The van der Waals surface area contributed by atoms with E-state index in [1.54, 1.807) is 37.3 Å². The third-order valence-corrected chi connectivity index (χ3v) is 2.96. The van der Waals surface area contributed by atoms with Gasteiger partial charge in [0.2, 0.25) is 5.91 Å². The van der Waals surface area contributed by atoms with Gasteiger partial charge >= 0.3 is 0 Å². The predicted octanol–water partition coefficient (Wildman–Crippen LogP) is 2.46. The molecule has 0 saturated heterocycles. The fraction of sp³-hybridized carbons (Fsp3) is 0.188. The van der Waals surface area contributed by atoms with Gasteiger partial charge in [-0.05, 0) is 42.8 Å². The first kappa shape index (κ1) is 15.0. The number of hydrogen-bond acceptors (Lipinski definition) is 3. The third kappa shape index (κ3) is 4.29. The number of furan rings is 1. The van der Waals surface area contributed by atoms with E-state index in [2.05, 4.69) is 5.32 Å². The largest absolute Gasteiger partial charge is 0.466 e. The Morgan fingerprint density at radius 3 is 2.71 bits per heavy atom. The number of hydrogen-bond donors (Lipinski definition) is 2. The lowest BCUT2D eigenvalue weighted by atomic mass is 10.0. The highest BCUT2D eigenvalue weighted by Gasteiger charge is 2.26. The third-order valence-electron chi connectivity index (χ3n) is 2.96. The minimum Gasteiger partial charge on any atom is -0.466 e. The van der Waals surface area contributed by atoms with Crippen LogP contribution in [-0.4, -0.2) is 17.6 Å². The van der Waals surface area contributed by atoms with E-state index in [4.69, 9.17) is 4.42 Å². The lowest BCUT2D eigenvalue weighted by Gasteiger charge is -2.20. The Balaban J connectivity index is 1.89. The molecule has 0 aliphatic rings. The topological polar surface area (TPSA) is 62.5 Å². The Hall–Kier alpha value is -2.40. The number of rotatable bonds is 5. The second-order valence-corrected chi connectivity index (χ2v) is 4.85. The first-order valence-electron chi connectivity index (χ1n) is 6.45. The summed E-state index contributed by atoms with van der Waals surface area (Å²) in [6, 6.07) is 9.08.